The van der Waals surface area contributed by atoms with Crippen molar-refractivity contribution in [3.63, 3.8) is 0 Å². The lowest BCUT2D eigenvalue weighted by Gasteiger charge is -2.11. The number of fused-ring (bicyclic) bond motifs is 3. The van der Waals surface area contributed by atoms with E-state index in [0.717, 1.165) is 50.0 Å². The number of rotatable bonds is 1. The van der Waals surface area contributed by atoms with Crippen LogP contribution in [0.2, 0.25) is 0 Å². The van der Waals surface area contributed by atoms with Crippen LogP contribution in [0.5, 0.6) is 0 Å². The van der Waals surface area contributed by atoms with Gasteiger partial charge in [-0.3, -0.25) is 0 Å². The van der Waals surface area contributed by atoms with E-state index in [2.05, 4.69) is 40.2 Å². The number of imidazole rings is 1. The van der Waals surface area contributed by atoms with Gasteiger partial charge in [0.2, 0.25) is 0 Å². The number of allylic oxidation sites excluding steroid dienone is 4. The van der Waals surface area contributed by atoms with Crippen molar-refractivity contribution in [2.24, 2.45) is 0 Å². The van der Waals surface area contributed by atoms with E-state index in [-0.39, 0.29) is 0 Å². The predicted molar refractivity (Wildman–Crippen MR) is 87.2 cm³/mol. The van der Waals surface area contributed by atoms with E-state index in [1.165, 1.54) is 22.5 Å². The molecule has 1 aromatic carbocycles. The van der Waals surface area contributed by atoms with Crippen LogP contribution >= 0.6 is 0 Å². The van der Waals surface area contributed by atoms with Crippen molar-refractivity contribution in [3.8, 4) is 6.07 Å². The van der Waals surface area contributed by atoms with Crippen molar-refractivity contribution >= 4 is 16.6 Å². The van der Waals surface area contributed by atoms with Gasteiger partial charge in [-0.2, -0.15) is 5.26 Å². The van der Waals surface area contributed by atoms with Crippen LogP contribution in [0.3, 0.4) is 0 Å². The van der Waals surface area contributed by atoms with E-state index < -0.39 is 0 Å². The lowest BCUT2D eigenvalue weighted by Crippen LogP contribution is -2.17. The van der Waals surface area contributed by atoms with Crippen molar-refractivity contribution < 1.29 is 0 Å². The zero-order valence-corrected chi connectivity index (χ0v) is 12.5. The fraction of sp³-hybridized carbons (Fsp3) is 0.333. The van der Waals surface area contributed by atoms with Crippen LogP contribution in [0.4, 0.5) is 0 Å². The summed E-state index contributed by atoms with van der Waals surface area (Å²) in [6.07, 6.45) is 6.78. The van der Waals surface area contributed by atoms with Gasteiger partial charge in [0.1, 0.15) is 5.82 Å². The van der Waals surface area contributed by atoms with Crippen LogP contribution < -0.4 is 5.32 Å². The minimum atomic E-state index is 0.839. The molecule has 4 heteroatoms. The predicted octanol–water partition coefficient (Wildman–Crippen LogP) is 2.81. The van der Waals surface area contributed by atoms with Crippen LogP contribution in [0, 0.1) is 11.3 Å². The van der Waals surface area contributed by atoms with E-state index in [1.807, 2.05) is 6.08 Å². The largest absolute Gasteiger partial charge is 0.327 e. The minimum absolute atomic E-state index is 0.839. The summed E-state index contributed by atoms with van der Waals surface area (Å²) < 4.78 is 2.34. The molecule has 0 spiro atoms. The van der Waals surface area contributed by atoms with E-state index in [0.29, 0.717) is 0 Å². The number of nitrogens with zero attached hydrogens (tertiary/aromatic N) is 3. The van der Waals surface area contributed by atoms with Crippen LogP contribution in [0.15, 0.2) is 35.9 Å². The van der Waals surface area contributed by atoms with Gasteiger partial charge in [-0.1, -0.05) is 12.1 Å². The molecule has 0 unspecified atom stereocenters. The van der Waals surface area contributed by atoms with E-state index in [1.54, 1.807) is 0 Å². The Hall–Kier alpha value is -2.38. The number of benzene rings is 1. The fourth-order valence-electron chi connectivity index (χ4n) is 3.31. The van der Waals surface area contributed by atoms with Gasteiger partial charge < -0.3 is 9.88 Å². The summed E-state index contributed by atoms with van der Waals surface area (Å²) in [5.74, 6) is 1.18. The molecule has 0 fully saturated rings. The van der Waals surface area contributed by atoms with Crippen LogP contribution in [0.25, 0.3) is 16.6 Å². The molecule has 0 bridgehead atoms. The molecule has 4 rings (SSSR count). The Bertz CT molecular complexity index is 833. The maximum atomic E-state index is 8.94. The van der Waals surface area contributed by atoms with E-state index in [9.17, 15) is 0 Å². The maximum absolute atomic E-state index is 8.94. The Kier molecular flexibility index (Phi) is 3.28. The normalized spacial score (nSPS) is 18.1. The monoisotopic (exact) mass is 290 g/mol. The quantitative estimate of drug-likeness (QED) is 0.878. The summed E-state index contributed by atoms with van der Waals surface area (Å²) >= 11 is 0. The zero-order valence-electron chi connectivity index (χ0n) is 12.5. The zero-order chi connectivity index (χ0) is 14.9. The molecule has 1 aliphatic carbocycles. The van der Waals surface area contributed by atoms with Gasteiger partial charge in [0.15, 0.2) is 0 Å². The fourth-order valence-corrected chi connectivity index (χ4v) is 3.31. The topological polar surface area (TPSA) is 53.6 Å². The Balaban J connectivity index is 1.75. The molecule has 0 radical (unpaired) electrons. The molecule has 2 aliphatic rings. The molecule has 1 N–H and O–H groups in total. The van der Waals surface area contributed by atoms with Gasteiger partial charge in [0.25, 0.3) is 0 Å². The summed E-state index contributed by atoms with van der Waals surface area (Å²) in [7, 11) is 0. The number of hydrogen-bond acceptors (Lipinski definition) is 3. The van der Waals surface area contributed by atoms with E-state index >= 15 is 0 Å². The molecule has 1 aliphatic heterocycles. The first-order valence-electron chi connectivity index (χ1n) is 7.85. The van der Waals surface area contributed by atoms with Crippen LogP contribution in [-0.2, 0) is 13.0 Å². The molecule has 1 aromatic heterocycles. The average molecular weight is 290 g/mol. The highest BCUT2D eigenvalue weighted by molar-refractivity contribution is 5.82. The second-order valence-electron chi connectivity index (χ2n) is 5.88. The molecule has 0 atom stereocenters. The molecule has 22 heavy (non-hydrogen) atoms. The molecular weight excluding hydrogens is 272 g/mol. The molecule has 4 nitrogen and oxygen atoms in total. The second-order valence-corrected chi connectivity index (χ2v) is 5.88. The lowest BCUT2D eigenvalue weighted by atomic mass is 9.93. The molecule has 110 valence electrons. The third-order valence-electron chi connectivity index (χ3n) is 4.53. The Labute approximate surface area is 129 Å². The Morgan fingerprint density at radius 1 is 1.14 bits per heavy atom. The highest BCUT2D eigenvalue weighted by Gasteiger charge is 2.15. The first-order chi connectivity index (χ1) is 10.8. The third-order valence-corrected chi connectivity index (χ3v) is 4.53. The summed E-state index contributed by atoms with van der Waals surface area (Å²) in [4.78, 5) is 4.83. The Morgan fingerprint density at radius 2 is 2.09 bits per heavy atom. The van der Waals surface area contributed by atoms with Crippen molar-refractivity contribution in [1.29, 1.82) is 5.26 Å². The van der Waals surface area contributed by atoms with Gasteiger partial charge >= 0.3 is 0 Å². The maximum Gasteiger partial charge on any atom is 0.111 e. The first-order valence-corrected chi connectivity index (χ1v) is 7.85. The molecule has 0 saturated carbocycles. The standard InChI is InChI=1S/C18H18N4/c19-12-13-1-3-14(4-2-13)15-5-6-17-16(11-15)21-18-7-8-20-9-10-22(17)18/h1,3,5-6,11,20H,2,4,7-10H2. The SMILES string of the molecule is N#CC1=CC=C(c2ccc3c(c2)nc2n3CCNCC2)CC1. The van der Waals surface area contributed by atoms with Gasteiger partial charge in [0.05, 0.1) is 17.1 Å². The summed E-state index contributed by atoms with van der Waals surface area (Å²) in [5, 5.41) is 12.4. The van der Waals surface area contributed by atoms with Gasteiger partial charge in [-0.15, -0.1) is 0 Å². The van der Waals surface area contributed by atoms with Gasteiger partial charge in [0, 0.05) is 31.6 Å². The average Bonchev–Trinajstić information content (AvgIpc) is 2.75. The summed E-state index contributed by atoms with van der Waals surface area (Å²) in [6, 6.07) is 8.81. The highest BCUT2D eigenvalue weighted by atomic mass is 15.1. The Morgan fingerprint density at radius 3 is 2.91 bits per heavy atom. The van der Waals surface area contributed by atoms with Crippen molar-refractivity contribution in [1.82, 2.24) is 14.9 Å². The van der Waals surface area contributed by atoms with Crippen LogP contribution in [0.1, 0.15) is 24.2 Å². The van der Waals surface area contributed by atoms with Crippen molar-refractivity contribution in [2.75, 3.05) is 13.1 Å². The highest BCUT2D eigenvalue weighted by Crippen LogP contribution is 2.29. The number of aromatic nitrogens is 2. The molecule has 2 heterocycles. The van der Waals surface area contributed by atoms with Gasteiger partial charge in [-0.25, -0.2) is 4.98 Å². The van der Waals surface area contributed by atoms with Crippen molar-refractivity contribution in [3.05, 3.63) is 47.3 Å². The lowest BCUT2D eigenvalue weighted by molar-refractivity contribution is 0.657. The number of nitrogens with one attached hydrogen (secondary N) is 1. The van der Waals surface area contributed by atoms with Gasteiger partial charge in [-0.05, 0) is 42.2 Å². The van der Waals surface area contributed by atoms with Crippen molar-refractivity contribution in [2.45, 2.75) is 25.8 Å². The number of hydrogen-bond donors (Lipinski definition) is 1. The molecule has 0 saturated heterocycles. The minimum Gasteiger partial charge on any atom is -0.327 e. The third kappa shape index (κ3) is 2.24. The summed E-state index contributed by atoms with van der Waals surface area (Å²) in [5.41, 5.74) is 5.71. The number of nitriles is 1. The smallest absolute Gasteiger partial charge is 0.111 e. The molecule has 2 aromatic rings. The first kappa shape index (κ1) is 13.3. The molecule has 0 amide bonds. The van der Waals surface area contributed by atoms with Crippen LogP contribution in [-0.4, -0.2) is 22.6 Å². The second kappa shape index (κ2) is 5.43. The van der Waals surface area contributed by atoms with E-state index in [4.69, 9.17) is 10.2 Å². The summed E-state index contributed by atoms with van der Waals surface area (Å²) in [6.45, 7) is 3.00. The molecular formula is C18H18N4.